The van der Waals surface area contributed by atoms with Gasteiger partial charge in [-0.1, -0.05) is 11.6 Å². The molecule has 26 heavy (non-hydrogen) atoms. The fourth-order valence-electron chi connectivity index (χ4n) is 2.41. The molecule has 6 nitrogen and oxygen atoms in total. The number of urea groups is 1. The molecule has 2 aromatic carbocycles. The van der Waals surface area contributed by atoms with Crippen LogP contribution in [0.4, 0.5) is 19.3 Å². The molecule has 3 rings (SSSR count). The van der Waals surface area contributed by atoms with Gasteiger partial charge in [0.05, 0.1) is 27.9 Å². The van der Waals surface area contributed by atoms with Crippen LogP contribution in [0.1, 0.15) is 15.9 Å². The summed E-state index contributed by atoms with van der Waals surface area (Å²) in [4.78, 5) is 25.0. The third-order valence-corrected chi connectivity index (χ3v) is 3.96. The highest BCUT2D eigenvalue weighted by molar-refractivity contribution is 6.32. The van der Waals surface area contributed by atoms with Crippen LogP contribution in [0, 0.1) is 23.0 Å². The number of ether oxygens (including phenoxy) is 1. The summed E-state index contributed by atoms with van der Waals surface area (Å²) in [6.07, 6.45) is 0. The number of nitrogens with zero attached hydrogens (tertiary/aromatic N) is 2. The molecule has 9 heteroatoms. The molecule has 132 valence electrons. The number of carbonyl (C=O) groups excluding carboxylic acids is 2. The lowest BCUT2D eigenvalue weighted by Gasteiger charge is -2.16. The highest BCUT2D eigenvalue weighted by Gasteiger charge is 2.27. The molecule has 1 N–H and O–H groups in total. The van der Waals surface area contributed by atoms with Crippen molar-refractivity contribution in [1.82, 2.24) is 5.32 Å². The minimum absolute atomic E-state index is 0.0148. The summed E-state index contributed by atoms with van der Waals surface area (Å²) >= 11 is 5.92. The van der Waals surface area contributed by atoms with Gasteiger partial charge in [-0.15, -0.1) is 0 Å². The molecule has 0 saturated carbocycles. The first-order chi connectivity index (χ1) is 12.4. The predicted molar refractivity (Wildman–Crippen MR) is 88.2 cm³/mol. The van der Waals surface area contributed by atoms with Gasteiger partial charge in [-0.25, -0.2) is 18.4 Å². The van der Waals surface area contributed by atoms with Crippen LogP contribution in [0.2, 0.25) is 5.02 Å². The molecule has 1 aliphatic heterocycles. The van der Waals surface area contributed by atoms with E-state index in [-0.39, 0.29) is 28.6 Å². The van der Waals surface area contributed by atoms with Crippen LogP contribution in [0.15, 0.2) is 30.3 Å². The third kappa shape index (κ3) is 3.30. The molecule has 0 aliphatic carbocycles. The van der Waals surface area contributed by atoms with Gasteiger partial charge in [0.2, 0.25) is 0 Å². The van der Waals surface area contributed by atoms with E-state index in [9.17, 15) is 18.4 Å². The van der Waals surface area contributed by atoms with Crippen molar-refractivity contribution in [1.29, 1.82) is 5.26 Å². The van der Waals surface area contributed by atoms with E-state index in [1.807, 2.05) is 6.07 Å². The summed E-state index contributed by atoms with van der Waals surface area (Å²) in [5.74, 6) is -3.32. The molecule has 1 aliphatic rings. The number of rotatable bonds is 3. The zero-order valence-electron chi connectivity index (χ0n) is 13.1. The summed E-state index contributed by atoms with van der Waals surface area (Å²) in [6, 6.07) is 6.68. The van der Waals surface area contributed by atoms with Gasteiger partial charge in [-0.05, 0) is 24.3 Å². The van der Waals surface area contributed by atoms with Crippen LogP contribution < -0.4 is 15.0 Å². The third-order valence-electron chi connectivity index (χ3n) is 3.67. The molecule has 1 heterocycles. The van der Waals surface area contributed by atoms with Gasteiger partial charge in [0.25, 0.3) is 0 Å². The number of nitrogens with one attached hydrogen (secondary N) is 1. The number of esters is 1. The van der Waals surface area contributed by atoms with E-state index in [2.05, 4.69) is 5.32 Å². The number of hydrogen-bond acceptors (Lipinski definition) is 4. The molecule has 2 aromatic rings. The molecule has 0 spiro atoms. The van der Waals surface area contributed by atoms with E-state index in [1.54, 1.807) is 0 Å². The van der Waals surface area contributed by atoms with E-state index >= 15 is 0 Å². The molecule has 0 bridgehead atoms. The van der Waals surface area contributed by atoms with Crippen molar-refractivity contribution in [3.8, 4) is 11.8 Å². The Morgan fingerprint density at radius 3 is 2.65 bits per heavy atom. The second-order valence-electron chi connectivity index (χ2n) is 5.31. The monoisotopic (exact) mass is 377 g/mol. The Morgan fingerprint density at radius 1 is 1.27 bits per heavy atom. The molecule has 1 saturated heterocycles. The second-order valence-corrected chi connectivity index (χ2v) is 5.72. The van der Waals surface area contributed by atoms with Crippen molar-refractivity contribution >= 4 is 29.3 Å². The molecular weight excluding hydrogens is 368 g/mol. The SMILES string of the molecule is N#Cc1ccc(OC(=O)c2cc(N3CCNC3=O)c(F)cc2F)c(Cl)c1. The minimum Gasteiger partial charge on any atom is -0.421 e. The first-order valence-electron chi connectivity index (χ1n) is 7.37. The van der Waals surface area contributed by atoms with E-state index in [4.69, 9.17) is 21.6 Å². The number of amides is 2. The highest BCUT2D eigenvalue weighted by atomic mass is 35.5. The molecule has 0 unspecified atom stereocenters. The Bertz CT molecular complexity index is 959. The normalized spacial score (nSPS) is 13.3. The number of nitriles is 1. The number of anilines is 1. The van der Waals surface area contributed by atoms with Crippen LogP contribution in [0.5, 0.6) is 5.75 Å². The Morgan fingerprint density at radius 2 is 2.04 bits per heavy atom. The maximum Gasteiger partial charge on any atom is 0.346 e. The van der Waals surface area contributed by atoms with E-state index < -0.39 is 29.2 Å². The smallest absolute Gasteiger partial charge is 0.346 e. The largest absolute Gasteiger partial charge is 0.421 e. The van der Waals surface area contributed by atoms with Crippen molar-refractivity contribution in [2.45, 2.75) is 0 Å². The molecular formula is C17H10ClF2N3O3. The first-order valence-corrected chi connectivity index (χ1v) is 7.74. The second kappa shape index (κ2) is 6.98. The summed E-state index contributed by atoms with van der Waals surface area (Å²) in [5.41, 5.74) is -0.536. The number of hydrogen-bond donors (Lipinski definition) is 1. The van der Waals surface area contributed by atoms with Gasteiger partial charge in [0, 0.05) is 19.2 Å². The van der Waals surface area contributed by atoms with Gasteiger partial charge >= 0.3 is 12.0 Å². The zero-order chi connectivity index (χ0) is 18.8. The fourth-order valence-corrected chi connectivity index (χ4v) is 2.63. The quantitative estimate of drug-likeness (QED) is 0.657. The van der Waals surface area contributed by atoms with Crippen LogP contribution in [-0.2, 0) is 0 Å². The molecule has 2 amide bonds. The van der Waals surface area contributed by atoms with E-state index in [0.717, 1.165) is 11.0 Å². The Hall–Kier alpha value is -3.18. The summed E-state index contributed by atoms with van der Waals surface area (Å²) in [6.45, 7) is 0.480. The summed E-state index contributed by atoms with van der Waals surface area (Å²) < 4.78 is 33.1. The Balaban J connectivity index is 1.92. The minimum atomic E-state index is -1.14. The van der Waals surface area contributed by atoms with Crippen molar-refractivity contribution in [2.75, 3.05) is 18.0 Å². The average Bonchev–Trinajstić information content (AvgIpc) is 3.02. The topological polar surface area (TPSA) is 82.4 Å². The van der Waals surface area contributed by atoms with Gasteiger partial charge in [0.1, 0.15) is 17.4 Å². The number of halogens is 3. The maximum absolute atomic E-state index is 14.1. The maximum atomic E-state index is 14.1. The van der Waals surface area contributed by atoms with Crippen molar-refractivity contribution < 1.29 is 23.1 Å². The number of benzene rings is 2. The van der Waals surface area contributed by atoms with Gasteiger partial charge in [-0.2, -0.15) is 5.26 Å². The van der Waals surface area contributed by atoms with Crippen molar-refractivity contribution in [3.05, 3.63) is 58.1 Å². The standard InChI is InChI=1S/C17H10ClF2N3O3/c18-11-5-9(8-21)1-2-15(11)26-16(24)10-6-14(13(20)7-12(10)19)23-4-3-22-17(23)25/h1-2,5-7H,3-4H2,(H,22,25). The summed E-state index contributed by atoms with van der Waals surface area (Å²) in [7, 11) is 0. The van der Waals surface area contributed by atoms with Crippen LogP contribution >= 0.6 is 11.6 Å². The van der Waals surface area contributed by atoms with Crippen LogP contribution in [-0.4, -0.2) is 25.1 Å². The van der Waals surface area contributed by atoms with Gasteiger partial charge in [-0.3, -0.25) is 4.90 Å². The van der Waals surface area contributed by atoms with Crippen molar-refractivity contribution in [3.63, 3.8) is 0 Å². The van der Waals surface area contributed by atoms with E-state index in [0.29, 0.717) is 12.6 Å². The predicted octanol–water partition coefficient (Wildman–Crippen LogP) is 3.24. The first kappa shape index (κ1) is 17.6. The average molecular weight is 378 g/mol. The van der Waals surface area contributed by atoms with Gasteiger partial charge in [0.15, 0.2) is 0 Å². The Labute approximate surface area is 151 Å². The number of carbonyl (C=O) groups is 2. The molecule has 1 fully saturated rings. The lowest BCUT2D eigenvalue weighted by atomic mass is 10.1. The molecule has 0 atom stereocenters. The van der Waals surface area contributed by atoms with Crippen molar-refractivity contribution in [2.24, 2.45) is 0 Å². The molecule has 0 aromatic heterocycles. The zero-order valence-corrected chi connectivity index (χ0v) is 13.8. The Kier molecular flexibility index (Phi) is 4.73. The summed E-state index contributed by atoms with van der Waals surface area (Å²) in [5, 5.41) is 11.3. The van der Waals surface area contributed by atoms with Crippen LogP contribution in [0.25, 0.3) is 0 Å². The molecule has 0 radical (unpaired) electrons. The van der Waals surface area contributed by atoms with E-state index in [1.165, 1.54) is 18.2 Å². The lowest BCUT2D eigenvalue weighted by molar-refractivity contribution is 0.0730. The highest BCUT2D eigenvalue weighted by Crippen LogP contribution is 2.29. The van der Waals surface area contributed by atoms with Gasteiger partial charge < -0.3 is 10.1 Å². The van der Waals surface area contributed by atoms with Crippen LogP contribution in [0.3, 0.4) is 0 Å². The fraction of sp³-hybridized carbons (Fsp3) is 0.118. The lowest BCUT2D eigenvalue weighted by Crippen LogP contribution is -2.29.